The Morgan fingerprint density at radius 3 is 2.88 bits per heavy atom. The van der Waals surface area contributed by atoms with E-state index in [9.17, 15) is 0 Å². The molecule has 8 heteroatoms. The third-order valence-electron chi connectivity index (χ3n) is 3.47. The Balaban J connectivity index is 1.75. The van der Waals surface area contributed by atoms with Gasteiger partial charge in [-0.05, 0) is 30.3 Å². The molecule has 0 aliphatic rings. The predicted octanol–water partition coefficient (Wildman–Crippen LogP) is 3.66. The van der Waals surface area contributed by atoms with Gasteiger partial charge in [-0.3, -0.25) is 4.98 Å². The van der Waals surface area contributed by atoms with Crippen molar-refractivity contribution >= 4 is 40.0 Å². The van der Waals surface area contributed by atoms with Gasteiger partial charge in [0.05, 0.1) is 16.1 Å². The van der Waals surface area contributed by atoms with Crippen molar-refractivity contribution in [3.63, 3.8) is 0 Å². The van der Waals surface area contributed by atoms with Gasteiger partial charge in [-0.15, -0.1) is 0 Å². The maximum absolute atomic E-state index is 6.26. The lowest BCUT2D eigenvalue weighted by molar-refractivity contribution is 0.461. The van der Waals surface area contributed by atoms with Gasteiger partial charge in [0, 0.05) is 24.2 Å². The van der Waals surface area contributed by atoms with Crippen LogP contribution in [0.4, 0.5) is 17.5 Å². The maximum Gasteiger partial charge on any atom is 0.227 e. The quantitative estimate of drug-likeness (QED) is 0.587. The lowest BCUT2D eigenvalue weighted by Crippen LogP contribution is -1.99. The van der Waals surface area contributed by atoms with E-state index in [-0.39, 0.29) is 0 Å². The monoisotopic (exact) mass is 338 g/mol. The van der Waals surface area contributed by atoms with E-state index < -0.39 is 0 Å². The highest BCUT2D eigenvalue weighted by atomic mass is 35.5. The highest BCUT2D eigenvalue weighted by molar-refractivity contribution is 6.35. The van der Waals surface area contributed by atoms with Crippen molar-refractivity contribution in [3.05, 3.63) is 53.9 Å². The average molecular weight is 339 g/mol. The molecule has 0 amide bonds. The third-order valence-corrected chi connectivity index (χ3v) is 3.78. The van der Waals surface area contributed by atoms with Crippen LogP contribution in [0, 0.1) is 0 Å². The molecular weight excluding hydrogens is 328 g/mol. The van der Waals surface area contributed by atoms with Crippen molar-refractivity contribution < 1.29 is 4.52 Å². The second-order valence-electron chi connectivity index (χ2n) is 5.00. The zero-order valence-corrected chi connectivity index (χ0v) is 13.0. The van der Waals surface area contributed by atoms with Gasteiger partial charge < -0.3 is 15.6 Å². The van der Waals surface area contributed by atoms with Crippen LogP contribution in [0.5, 0.6) is 0 Å². The molecule has 1 aromatic carbocycles. The SMILES string of the molecule is Nc1noc2c(Nc3nccc(-c4cccnc4)n3)c(Cl)ccc12. The van der Waals surface area contributed by atoms with Crippen molar-refractivity contribution in [2.45, 2.75) is 0 Å². The zero-order chi connectivity index (χ0) is 16.5. The standard InChI is InChI=1S/C16H11ClN6O/c17-11-4-3-10-14(24-23-15(10)18)13(11)22-16-20-7-5-12(21-16)9-2-1-6-19-8-9/h1-8H,(H2,18,23)(H,20,21,22). The largest absolute Gasteiger partial charge is 0.380 e. The topological polar surface area (TPSA) is 103 Å². The van der Waals surface area contributed by atoms with Crippen LogP contribution in [-0.4, -0.2) is 20.1 Å². The fourth-order valence-electron chi connectivity index (χ4n) is 2.32. The Morgan fingerprint density at radius 1 is 1.12 bits per heavy atom. The van der Waals surface area contributed by atoms with E-state index in [4.69, 9.17) is 21.9 Å². The summed E-state index contributed by atoms with van der Waals surface area (Å²) in [5.41, 5.74) is 8.37. The lowest BCUT2D eigenvalue weighted by atomic mass is 10.2. The molecule has 3 aromatic heterocycles. The van der Waals surface area contributed by atoms with Gasteiger partial charge in [-0.2, -0.15) is 0 Å². The number of hydrogen-bond acceptors (Lipinski definition) is 7. The number of rotatable bonds is 3. The fourth-order valence-corrected chi connectivity index (χ4v) is 2.52. The number of nitrogens with two attached hydrogens (primary N) is 1. The minimum atomic E-state index is 0.301. The van der Waals surface area contributed by atoms with Gasteiger partial charge in [-0.25, -0.2) is 9.97 Å². The minimum absolute atomic E-state index is 0.301. The van der Waals surface area contributed by atoms with Crippen LogP contribution >= 0.6 is 11.6 Å². The van der Waals surface area contributed by atoms with E-state index in [2.05, 4.69) is 25.4 Å². The normalized spacial score (nSPS) is 10.9. The molecule has 0 atom stereocenters. The second-order valence-corrected chi connectivity index (χ2v) is 5.41. The molecule has 4 aromatic rings. The Labute approximate surface area is 141 Å². The fraction of sp³-hybridized carbons (Fsp3) is 0. The van der Waals surface area contributed by atoms with E-state index in [1.807, 2.05) is 12.1 Å². The van der Waals surface area contributed by atoms with Crippen LogP contribution in [-0.2, 0) is 0 Å². The number of nitrogens with zero attached hydrogens (tertiary/aromatic N) is 4. The molecule has 0 saturated heterocycles. The molecule has 0 aliphatic carbocycles. The van der Waals surface area contributed by atoms with Gasteiger partial charge in [0.2, 0.25) is 5.95 Å². The summed E-state index contributed by atoms with van der Waals surface area (Å²) in [6.07, 6.45) is 5.09. The summed E-state index contributed by atoms with van der Waals surface area (Å²) in [5, 5.41) is 7.96. The number of aromatic nitrogens is 4. The molecule has 118 valence electrons. The predicted molar refractivity (Wildman–Crippen MR) is 92.0 cm³/mol. The van der Waals surface area contributed by atoms with E-state index in [1.54, 1.807) is 36.8 Å². The van der Waals surface area contributed by atoms with E-state index in [1.165, 1.54) is 0 Å². The smallest absolute Gasteiger partial charge is 0.227 e. The Kier molecular flexibility index (Phi) is 3.47. The van der Waals surface area contributed by atoms with Crippen LogP contribution in [0.15, 0.2) is 53.4 Å². The summed E-state index contributed by atoms with van der Waals surface area (Å²) in [6, 6.07) is 9.03. The number of anilines is 3. The molecule has 3 heterocycles. The summed E-state index contributed by atoms with van der Waals surface area (Å²) in [4.78, 5) is 12.8. The van der Waals surface area contributed by atoms with Crippen molar-refractivity contribution in [2.75, 3.05) is 11.1 Å². The number of fused-ring (bicyclic) bond motifs is 1. The summed E-state index contributed by atoms with van der Waals surface area (Å²) < 4.78 is 5.26. The number of benzene rings is 1. The molecule has 0 saturated carbocycles. The number of nitrogen functional groups attached to an aromatic ring is 1. The third kappa shape index (κ3) is 2.50. The lowest BCUT2D eigenvalue weighted by Gasteiger charge is -2.08. The number of halogens is 1. The second kappa shape index (κ2) is 5.78. The summed E-state index contributed by atoms with van der Waals surface area (Å²) in [5.74, 6) is 0.676. The Morgan fingerprint density at radius 2 is 2.04 bits per heavy atom. The van der Waals surface area contributed by atoms with Crippen LogP contribution in [0.2, 0.25) is 5.02 Å². The molecule has 0 spiro atoms. The minimum Gasteiger partial charge on any atom is -0.380 e. The van der Waals surface area contributed by atoms with E-state index in [0.29, 0.717) is 33.4 Å². The summed E-state index contributed by atoms with van der Waals surface area (Å²) in [6.45, 7) is 0. The molecule has 4 rings (SSSR count). The molecular formula is C16H11ClN6O. The number of hydrogen-bond donors (Lipinski definition) is 2. The van der Waals surface area contributed by atoms with Crippen molar-refractivity contribution in [2.24, 2.45) is 0 Å². The molecule has 0 bridgehead atoms. The Hall–Kier alpha value is -3.19. The van der Waals surface area contributed by atoms with Crippen LogP contribution in [0.1, 0.15) is 0 Å². The molecule has 0 fully saturated rings. The molecule has 0 unspecified atom stereocenters. The van der Waals surface area contributed by atoms with Gasteiger partial charge in [-0.1, -0.05) is 16.8 Å². The van der Waals surface area contributed by atoms with Gasteiger partial charge >= 0.3 is 0 Å². The molecule has 7 nitrogen and oxygen atoms in total. The van der Waals surface area contributed by atoms with Crippen LogP contribution in [0.3, 0.4) is 0 Å². The molecule has 3 N–H and O–H groups in total. The van der Waals surface area contributed by atoms with Gasteiger partial charge in [0.15, 0.2) is 11.4 Å². The van der Waals surface area contributed by atoms with Crippen LogP contribution < -0.4 is 11.1 Å². The first-order valence-corrected chi connectivity index (χ1v) is 7.44. The molecule has 0 radical (unpaired) electrons. The van der Waals surface area contributed by atoms with Crippen molar-refractivity contribution in [1.29, 1.82) is 0 Å². The highest BCUT2D eigenvalue weighted by Gasteiger charge is 2.15. The van der Waals surface area contributed by atoms with Gasteiger partial charge in [0.25, 0.3) is 0 Å². The van der Waals surface area contributed by atoms with E-state index in [0.717, 1.165) is 11.3 Å². The van der Waals surface area contributed by atoms with Crippen LogP contribution in [0.25, 0.3) is 22.2 Å². The number of pyridine rings is 1. The molecule has 24 heavy (non-hydrogen) atoms. The maximum atomic E-state index is 6.26. The van der Waals surface area contributed by atoms with Gasteiger partial charge in [0.1, 0.15) is 5.69 Å². The Bertz CT molecular complexity index is 1020. The average Bonchev–Trinajstić information content (AvgIpc) is 3.00. The first-order valence-electron chi connectivity index (χ1n) is 7.06. The molecule has 0 aliphatic heterocycles. The first-order chi connectivity index (χ1) is 11.7. The summed E-state index contributed by atoms with van der Waals surface area (Å²) in [7, 11) is 0. The summed E-state index contributed by atoms with van der Waals surface area (Å²) >= 11 is 6.26. The zero-order valence-electron chi connectivity index (χ0n) is 12.3. The van der Waals surface area contributed by atoms with Crippen molar-refractivity contribution in [1.82, 2.24) is 20.1 Å². The number of nitrogens with one attached hydrogen (secondary N) is 1. The van der Waals surface area contributed by atoms with Crippen molar-refractivity contribution in [3.8, 4) is 11.3 Å². The first kappa shape index (κ1) is 14.4. The highest BCUT2D eigenvalue weighted by Crippen LogP contribution is 2.35. The van der Waals surface area contributed by atoms with E-state index >= 15 is 0 Å².